The highest BCUT2D eigenvalue weighted by molar-refractivity contribution is 6.05. The molecule has 2 atom stereocenters. The van der Waals surface area contributed by atoms with Gasteiger partial charge in [0, 0.05) is 34.9 Å². The number of carbonyl (C=O) groups excluding carboxylic acids is 2. The monoisotopic (exact) mass is 339 g/mol. The van der Waals surface area contributed by atoms with E-state index in [1.165, 1.54) is 10.6 Å². The largest absolute Gasteiger partial charge is 0.456 e. The normalized spacial score (nSPS) is 25.9. The molecule has 0 amide bonds. The first-order chi connectivity index (χ1) is 11.3. The van der Waals surface area contributed by atoms with Gasteiger partial charge in [0.05, 0.1) is 5.69 Å². The first-order valence-corrected chi connectivity index (χ1v) is 8.06. The summed E-state index contributed by atoms with van der Waals surface area (Å²) in [5, 5.41) is 0. The van der Waals surface area contributed by atoms with Crippen molar-refractivity contribution in [2.24, 2.45) is 0 Å². The van der Waals surface area contributed by atoms with Crippen molar-refractivity contribution in [2.45, 2.75) is 57.3 Å². The molecule has 0 saturated carbocycles. The van der Waals surface area contributed by atoms with Crippen LogP contribution < -0.4 is 0 Å². The molecule has 24 heavy (non-hydrogen) atoms. The van der Waals surface area contributed by atoms with Gasteiger partial charge in [-0.25, -0.2) is 4.79 Å². The number of hydrogen-bond acceptors (Lipinski definition) is 3. The third-order valence-corrected chi connectivity index (χ3v) is 5.27. The molecule has 0 aromatic carbocycles. The van der Waals surface area contributed by atoms with Crippen LogP contribution in [0.2, 0.25) is 0 Å². The van der Waals surface area contributed by atoms with Crippen molar-refractivity contribution >= 4 is 17.3 Å². The number of aromatic nitrogens is 1. The van der Waals surface area contributed by atoms with E-state index in [1.807, 2.05) is 0 Å². The maximum atomic E-state index is 13.0. The van der Waals surface area contributed by atoms with Crippen LogP contribution >= 0.6 is 0 Å². The van der Waals surface area contributed by atoms with Crippen LogP contribution in [0.5, 0.6) is 0 Å². The Labute approximate surface area is 136 Å². The topological polar surface area (TPSA) is 48.3 Å². The molecule has 1 aromatic heterocycles. The molecular formula is C17H16F3NO3. The van der Waals surface area contributed by atoms with Crippen LogP contribution in [0.15, 0.2) is 11.6 Å². The first-order valence-electron chi connectivity index (χ1n) is 8.06. The van der Waals surface area contributed by atoms with Crippen molar-refractivity contribution in [3.8, 4) is 0 Å². The lowest BCUT2D eigenvalue weighted by Crippen LogP contribution is -2.26. The van der Waals surface area contributed by atoms with E-state index in [0.717, 1.165) is 25.0 Å². The van der Waals surface area contributed by atoms with Crippen molar-refractivity contribution in [2.75, 3.05) is 0 Å². The standard InChI is InChI=1S/C17H16F3NO3/c1-8-13-10-7-11(15(22)17(18,19)20)21-5-3-2-4-9(14(10)21)6-12(13)24-16(8)23/h7,9,12H,2-6H2,1H3/t9-,12+/m1/s1. The van der Waals surface area contributed by atoms with Gasteiger partial charge in [-0.15, -0.1) is 0 Å². The Morgan fingerprint density at radius 1 is 1.33 bits per heavy atom. The lowest BCUT2D eigenvalue weighted by Gasteiger charge is -2.28. The molecule has 4 nitrogen and oxygen atoms in total. The fourth-order valence-corrected chi connectivity index (χ4v) is 4.25. The summed E-state index contributed by atoms with van der Waals surface area (Å²) in [5.41, 5.74) is 2.13. The SMILES string of the molecule is CC1=C2c3cc(C(=O)C(F)(F)F)n4c3[C@H](CCCC4)C[C@@H]2OC1=O. The van der Waals surface area contributed by atoms with Gasteiger partial charge in [0.25, 0.3) is 5.78 Å². The number of ketones is 1. The van der Waals surface area contributed by atoms with Crippen LogP contribution in [0, 0.1) is 0 Å². The van der Waals surface area contributed by atoms with Crippen molar-refractivity contribution < 1.29 is 27.5 Å². The zero-order chi connectivity index (χ0) is 17.2. The highest BCUT2D eigenvalue weighted by Gasteiger charge is 2.46. The number of hydrogen-bond donors (Lipinski definition) is 0. The molecule has 0 spiro atoms. The van der Waals surface area contributed by atoms with Gasteiger partial charge in [0.1, 0.15) is 6.10 Å². The molecule has 7 heteroatoms. The van der Waals surface area contributed by atoms with E-state index in [4.69, 9.17) is 4.74 Å². The summed E-state index contributed by atoms with van der Waals surface area (Å²) >= 11 is 0. The number of carbonyl (C=O) groups is 2. The van der Waals surface area contributed by atoms with Gasteiger partial charge in [-0.1, -0.05) is 6.42 Å². The van der Waals surface area contributed by atoms with Crippen molar-refractivity contribution in [1.82, 2.24) is 4.57 Å². The van der Waals surface area contributed by atoms with Gasteiger partial charge < -0.3 is 9.30 Å². The average molecular weight is 339 g/mol. The zero-order valence-electron chi connectivity index (χ0n) is 13.1. The average Bonchev–Trinajstić information content (AvgIpc) is 2.91. The third kappa shape index (κ3) is 2.06. The molecule has 0 bridgehead atoms. The Hall–Kier alpha value is -2.05. The quantitative estimate of drug-likeness (QED) is 0.580. The predicted octanol–water partition coefficient (Wildman–Crippen LogP) is 3.60. The molecule has 0 radical (unpaired) electrons. The van der Waals surface area contributed by atoms with Crippen LogP contribution in [-0.2, 0) is 16.1 Å². The second-order valence-corrected chi connectivity index (χ2v) is 6.67. The molecule has 0 N–H and O–H groups in total. The Morgan fingerprint density at radius 2 is 2.08 bits per heavy atom. The van der Waals surface area contributed by atoms with Gasteiger partial charge in [-0.2, -0.15) is 13.2 Å². The van der Waals surface area contributed by atoms with Gasteiger partial charge in [-0.05, 0) is 32.3 Å². The highest BCUT2D eigenvalue weighted by atomic mass is 19.4. The second-order valence-electron chi connectivity index (χ2n) is 6.67. The number of ether oxygens (including phenoxy) is 1. The number of nitrogens with zero attached hydrogens (tertiary/aromatic N) is 1. The summed E-state index contributed by atoms with van der Waals surface area (Å²) in [6.07, 6.45) is -2.29. The minimum atomic E-state index is -4.91. The summed E-state index contributed by atoms with van der Waals surface area (Å²) in [4.78, 5) is 23.8. The second kappa shape index (κ2) is 4.97. The Kier molecular flexibility index (Phi) is 3.21. The minimum Gasteiger partial charge on any atom is -0.454 e. The van der Waals surface area contributed by atoms with E-state index < -0.39 is 24.0 Å². The van der Waals surface area contributed by atoms with E-state index in [1.54, 1.807) is 6.92 Å². The maximum absolute atomic E-state index is 13.0. The van der Waals surface area contributed by atoms with E-state index in [9.17, 15) is 22.8 Å². The minimum absolute atomic E-state index is 0.0183. The number of esters is 1. The molecule has 3 heterocycles. The summed E-state index contributed by atoms with van der Waals surface area (Å²) in [5.74, 6) is -2.22. The van der Waals surface area contributed by atoms with Gasteiger partial charge in [0.15, 0.2) is 0 Å². The van der Waals surface area contributed by atoms with Crippen molar-refractivity contribution in [3.05, 3.63) is 28.6 Å². The molecule has 0 saturated heterocycles. The van der Waals surface area contributed by atoms with Crippen LogP contribution in [0.4, 0.5) is 13.2 Å². The summed E-state index contributed by atoms with van der Waals surface area (Å²) in [6, 6.07) is 1.32. The van der Waals surface area contributed by atoms with E-state index in [-0.39, 0.29) is 11.6 Å². The van der Waals surface area contributed by atoms with Crippen LogP contribution in [0.1, 0.15) is 60.3 Å². The van der Waals surface area contributed by atoms with Gasteiger partial charge in [0.2, 0.25) is 0 Å². The molecule has 2 aliphatic heterocycles. The molecule has 1 aromatic rings. The molecule has 0 unspecified atom stereocenters. The smallest absolute Gasteiger partial charge is 0.454 e. The zero-order valence-corrected chi connectivity index (χ0v) is 13.1. The van der Waals surface area contributed by atoms with Crippen LogP contribution in [-0.4, -0.2) is 28.6 Å². The fourth-order valence-electron chi connectivity index (χ4n) is 4.25. The molecule has 0 fully saturated rings. The van der Waals surface area contributed by atoms with Gasteiger partial charge in [-0.3, -0.25) is 4.79 Å². The Bertz CT molecular complexity index is 788. The Balaban J connectivity index is 1.95. The van der Waals surface area contributed by atoms with E-state index in [0.29, 0.717) is 29.7 Å². The number of rotatable bonds is 1. The predicted molar refractivity (Wildman–Crippen MR) is 78.5 cm³/mol. The number of alkyl halides is 3. The van der Waals surface area contributed by atoms with Crippen LogP contribution in [0.25, 0.3) is 5.57 Å². The summed E-state index contributed by atoms with van der Waals surface area (Å²) < 4.78 is 45.9. The summed E-state index contributed by atoms with van der Waals surface area (Å²) in [6.45, 7) is 2.03. The van der Waals surface area contributed by atoms with Crippen LogP contribution in [0.3, 0.4) is 0 Å². The van der Waals surface area contributed by atoms with E-state index in [2.05, 4.69) is 0 Å². The number of Topliss-reactive ketones (excluding diaryl/α,β-unsaturated/α-hetero) is 1. The highest BCUT2D eigenvalue weighted by Crippen LogP contribution is 2.49. The number of fused-ring (bicyclic) bond motifs is 2. The van der Waals surface area contributed by atoms with Crippen molar-refractivity contribution in [3.63, 3.8) is 0 Å². The lowest BCUT2D eigenvalue weighted by atomic mass is 9.79. The Morgan fingerprint density at radius 3 is 2.79 bits per heavy atom. The van der Waals surface area contributed by atoms with Crippen molar-refractivity contribution in [1.29, 1.82) is 0 Å². The maximum Gasteiger partial charge on any atom is 0.456 e. The van der Waals surface area contributed by atoms with E-state index >= 15 is 0 Å². The number of halogens is 3. The molecular weight excluding hydrogens is 323 g/mol. The van der Waals surface area contributed by atoms with Gasteiger partial charge >= 0.3 is 12.1 Å². The summed E-state index contributed by atoms with van der Waals surface area (Å²) in [7, 11) is 0. The lowest BCUT2D eigenvalue weighted by molar-refractivity contribution is -0.139. The molecule has 3 aliphatic rings. The molecule has 4 rings (SSSR count). The third-order valence-electron chi connectivity index (χ3n) is 5.27. The fraction of sp³-hybridized carbons (Fsp3) is 0.529. The first kappa shape index (κ1) is 15.5. The molecule has 1 aliphatic carbocycles. The molecule has 128 valence electrons.